The van der Waals surface area contributed by atoms with E-state index in [0.29, 0.717) is 29.3 Å². The van der Waals surface area contributed by atoms with Crippen molar-refractivity contribution in [2.45, 2.75) is 45.1 Å². The van der Waals surface area contributed by atoms with Crippen LogP contribution in [0.1, 0.15) is 49.4 Å². The largest absolute Gasteiger partial charge is 0.490 e. The molecule has 1 aliphatic carbocycles. The minimum absolute atomic E-state index is 0.129. The summed E-state index contributed by atoms with van der Waals surface area (Å²) in [7, 11) is 0. The van der Waals surface area contributed by atoms with Crippen molar-refractivity contribution >= 4 is 17.5 Å². The number of carbonyl (C=O) groups is 1. The zero-order valence-electron chi connectivity index (χ0n) is 13.0. The lowest BCUT2D eigenvalue weighted by Gasteiger charge is -2.17. The highest BCUT2D eigenvalue weighted by atomic mass is 35.5. The summed E-state index contributed by atoms with van der Waals surface area (Å²) in [6, 6.07) is 5.17. The molecule has 0 bridgehead atoms. The quantitative estimate of drug-likeness (QED) is 0.807. The Morgan fingerprint density at radius 1 is 1.45 bits per heavy atom. The molecule has 1 amide bonds. The second-order valence-electron chi connectivity index (χ2n) is 5.99. The molecule has 0 radical (unpaired) electrons. The summed E-state index contributed by atoms with van der Waals surface area (Å²) in [5.41, 5.74) is 0.482. The van der Waals surface area contributed by atoms with Crippen LogP contribution >= 0.6 is 11.6 Å². The highest BCUT2D eigenvalue weighted by Crippen LogP contribution is 2.28. The first-order chi connectivity index (χ1) is 10.6. The minimum Gasteiger partial charge on any atom is -0.490 e. The third-order valence-electron chi connectivity index (χ3n) is 4.02. The van der Waals surface area contributed by atoms with Crippen LogP contribution in [0.25, 0.3) is 0 Å². The van der Waals surface area contributed by atoms with Crippen LogP contribution in [0.5, 0.6) is 5.75 Å². The molecule has 1 unspecified atom stereocenters. The average Bonchev–Trinajstić information content (AvgIpc) is 3.00. The van der Waals surface area contributed by atoms with E-state index in [-0.39, 0.29) is 24.5 Å². The fourth-order valence-electron chi connectivity index (χ4n) is 2.65. The number of aliphatic hydroxyl groups excluding tert-OH is 1. The lowest BCUT2D eigenvalue weighted by Crippen LogP contribution is -2.29. The Kier molecular flexibility index (Phi) is 6.52. The van der Waals surface area contributed by atoms with E-state index in [4.69, 9.17) is 21.4 Å². The van der Waals surface area contributed by atoms with Gasteiger partial charge in [0.2, 0.25) is 0 Å². The van der Waals surface area contributed by atoms with Crippen molar-refractivity contribution in [2.24, 2.45) is 5.92 Å². The van der Waals surface area contributed by atoms with Crippen LogP contribution in [0.3, 0.4) is 0 Å². The van der Waals surface area contributed by atoms with Crippen molar-refractivity contribution in [3.63, 3.8) is 0 Å². The molecule has 1 fully saturated rings. The Bertz CT molecular complexity index is 501. The molecule has 2 rings (SSSR count). The van der Waals surface area contributed by atoms with E-state index in [2.05, 4.69) is 5.32 Å². The Morgan fingerprint density at radius 2 is 2.18 bits per heavy atom. The molecule has 0 aromatic heterocycles. The zero-order valence-corrected chi connectivity index (χ0v) is 13.7. The fourth-order valence-corrected chi connectivity index (χ4v) is 2.82. The van der Waals surface area contributed by atoms with Gasteiger partial charge in [-0.2, -0.15) is 0 Å². The predicted octanol–water partition coefficient (Wildman–Crippen LogP) is 3.41. The van der Waals surface area contributed by atoms with Gasteiger partial charge >= 0.3 is 0 Å². The topological polar surface area (TPSA) is 58.6 Å². The molecule has 1 saturated carbocycles. The van der Waals surface area contributed by atoms with Crippen molar-refractivity contribution in [2.75, 3.05) is 13.2 Å². The standard InChI is InChI=1S/C17H24ClNO3/c1-12(8-9-20)11-19-17(21)15-10-13(18)6-7-16(15)22-14-4-2-3-5-14/h6-7,10,12,14,20H,2-5,8-9,11H2,1H3,(H,19,21). The molecule has 0 heterocycles. The molecule has 4 nitrogen and oxygen atoms in total. The molecule has 122 valence electrons. The molecular weight excluding hydrogens is 302 g/mol. The summed E-state index contributed by atoms with van der Waals surface area (Å²) >= 11 is 6.02. The van der Waals surface area contributed by atoms with Gasteiger partial charge in [-0.1, -0.05) is 18.5 Å². The van der Waals surface area contributed by atoms with Crippen LogP contribution in [0.4, 0.5) is 0 Å². The van der Waals surface area contributed by atoms with Gasteiger partial charge in [0.25, 0.3) is 5.91 Å². The summed E-state index contributed by atoms with van der Waals surface area (Å²) in [6.45, 7) is 2.64. The number of benzene rings is 1. The van der Waals surface area contributed by atoms with Gasteiger partial charge in [0.05, 0.1) is 11.7 Å². The SMILES string of the molecule is CC(CCO)CNC(=O)c1cc(Cl)ccc1OC1CCCC1. The number of rotatable bonds is 7. The lowest BCUT2D eigenvalue weighted by atomic mass is 10.1. The van der Waals surface area contributed by atoms with Gasteiger partial charge in [-0.25, -0.2) is 0 Å². The van der Waals surface area contributed by atoms with Crippen molar-refractivity contribution in [1.82, 2.24) is 5.32 Å². The van der Waals surface area contributed by atoms with Gasteiger partial charge in [0.15, 0.2) is 0 Å². The van der Waals surface area contributed by atoms with E-state index in [1.165, 1.54) is 12.8 Å². The lowest BCUT2D eigenvalue weighted by molar-refractivity contribution is 0.0938. The maximum Gasteiger partial charge on any atom is 0.255 e. The van der Waals surface area contributed by atoms with Crippen LogP contribution in [0.2, 0.25) is 5.02 Å². The second-order valence-corrected chi connectivity index (χ2v) is 6.43. The number of amides is 1. The van der Waals surface area contributed by atoms with Crippen LogP contribution in [-0.4, -0.2) is 30.3 Å². The monoisotopic (exact) mass is 325 g/mol. The van der Waals surface area contributed by atoms with Crippen LogP contribution in [0.15, 0.2) is 18.2 Å². The Morgan fingerprint density at radius 3 is 2.86 bits per heavy atom. The fraction of sp³-hybridized carbons (Fsp3) is 0.588. The number of nitrogens with one attached hydrogen (secondary N) is 1. The summed E-state index contributed by atoms with van der Waals surface area (Å²) in [6.07, 6.45) is 5.30. The summed E-state index contributed by atoms with van der Waals surface area (Å²) in [5.74, 6) is 0.649. The molecule has 5 heteroatoms. The number of aliphatic hydroxyl groups is 1. The van der Waals surface area contributed by atoms with Crippen LogP contribution in [-0.2, 0) is 0 Å². The number of ether oxygens (including phenoxy) is 1. The van der Waals surface area contributed by atoms with E-state index in [1.54, 1.807) is 18.2 Å². The maximum absolute atomic E-state index is 12.4. The van der Waals surface area contributed by atoms with Crippen molar-refractivity contribution in [3.8, 4) is 5.75 Å². The van der Waals surface area contributed by atoms with Gasteiger partial charge in [-0.05, 0) is 56.2 Å². The molecule has 1 aromatic carbocycles. The third kappa shape index (κ3) is 4.89. The predicted molar refractivity (Wildman–Crippen MR) is 87.5 cm³/mol. The Hall–Kier alpha value is -1.26. The first-order valence-corrected chi connectivity index (χ1v) is 8.33. The third-order valence-corrected chi connectivity index (χ3v) is 4.25. The van der Waals surface area contributed by atoms with Crippen molar-refractivity contribution in [3.05, 3.63) is 28.8 Å². The van der Waals surface area contributed by atoms with Gasteiger partial charge in [0, 0.05) is 18.2 Å². The summed E-state index contributed by atoms with van der Waals surface area (Å²) in [5, 5.41) is 12.3. The van der Waals surface area contributed by atoms with Crippen LogP contribution < -0.4 is 10.1 Å². The van der Waals surface area contributed by atoms with Gasteiger partial charge in [0.1, 0.15) is 5.75 Å². The number of carbonyl (C=O) groups excluding carboxylic acids is 1. The second kappa shape index (κ2) is 8.39. The summed E-state index contributed by atoms with van der Waals surface area (Å²) < 4.78 is 5.98. The Balaban J connectivity index is 2.03. The molecular formula is C17H24ClNO3. The number of hydrogen-bond acceptors (Lipinski definition) is 3. The Labute approximate surface area is 136 Å². The first kappa shape index (κ1) is 17.1. The molecule has 1 atom stereocenters. The highest BCUT2D eigenvalue weighted by Gasteiger charge is 2.20. The van der Waals surface area contributed by atoms with Gasteiger partial charge in [-0.3, -0.25) is 4.79 Å². The number of halogens is 1. The highest BCUT2D eigenvalue weighted by molar-refractivity contribution is 6.31. The molecule has 0 spiro atoms. The van der Waals surface area contributed by atoms with Crippen LogP contribution in [0, 0.1) is 5.92 Å². The molecule has 0 saturated heterocycles. The average molecular weight is 326 g/mol. The van der Waals surface area contributed by atoms with E-state index >= 15 is 0 Å². The van der Waals surface area contributed by atoms with E-state index in [1.807, 2.05) is 6.92 Å². The van der Waals surface area contributed by atoms with Gasteiger partial charge < -0.3 is 15.2 Å². The molecule has 22 heavy (non-hydrogen) atoms. The van der Waals surface area contributed by atoms with E-state index < -0.39 is 0 Å². The normalized spacial score (nSPS) is 16.5. The van der Waals surface area contributed by atoms with E-state index in [0.717, 1.165) is 12.8 Å². The molecule has 1 aromatic rings. The van der Waals surface area contributed by atoms with Gasteiger partial charge in [-0.15, -0.1) is 0 Å². The molecule has 1 aliphatic rings. The smallest absolute Gasteiger partial charge is 0.255 e. The van der Waals surface area contributed by atoms with Crippen molar-refractivity contribution < 1.29 is 14.6 Å². The number of hydrogen-bond donors (Lipinski definition) is 2. The molecule has 0 aliphatic heterocycles. The minimum atomic E-state index is -0.180. The summed E-state index contributed by atoms with van der Waals surface area (Å²) in [4.78, 5) is 12.4. The zero-order chi connectivity index (χ0) is 15.9. The maximum atomic E-state index is 12.4. The van der Waals surface area contributed by atoms with Crippen molar-refractivity contribution in [1.29, 1.82) is 0 Å². The van der Waals surface area contributed by atoms with E-state index in [9.17, 15) is 4.79 Å². The molecule has 2 N–H and O–H groups in total. The first-order valence-electron chi connectivity index (χ1n) is 7.95.